The van der Waals surface area contributed by atoms with Crippen LogP contribution in [0.3, 0.4) is 0 Å². The van der Waals surface area contributed by atoms with Crippen molar-refractivity contribution in [1.29, 1.82) is 0 Å². The van der Waals surface area contributed by atoms with E-state index in [0.29, 0.717) is 32.1 Å². The minimum absolute atomic E-state index is 0.0553. The van der Waals surface area contributed by atoms with Crippen LogP contribution in [0.5, 0.6) is 0 Å². The van der Waals surface area contributed by atoms with Crippen molar-refractivity contribution in [2.45, 2.75) is 116 Å². The highest BCUT2D eigenvalue weighted by Gasteiger charge is 2.40. The van der Waals surface area contributed by atoms with E-state index in [1.807, 2.05) is 19.9 Å². The number of unbranched alkanes of at least 4 members (excludes halogenated alkanes) is 5. The molecule has 0 unspecified atom stereocenters. The van der Waals surface area contributed by atoms with Crippen LogP contribution in [0.2, 0.25) is 0 Å². The zero-order chi connectivity index (χ0) is 22.4. The molecule has 172 valence electrons. The lowest BCUT2D eigenvalue weighted by Gasteiger charge is -2.19. The van der Waals surface area contributed by atoms with Gasteiger partial charge in [-0.2, -0.15) is 0 Å². The van der Waals surface area contributed by atoms with Gasteiger partial charge in [-0.25, -0.2) is 0 Å². The fourth-order valence-electron chi connectivity index (χ4n) is 4.13. The number of esters is 1. The minimum atomic E-state index is -0.607. The maximum Gasteiger partial charge on any atom is 0.306 e. The Morgan fingerprint density at radius 3 is 2.50 bits per heavy atom. The fraction of sp³-hybridized carbons (Fsp3) is 0.800. The summed E-state index contributed by atoms with van der Waals surface area (Å²) in [5.74, 6) is -0.00992. The molecule has 5 nitrogen and oxygen atoms in total. The first kappa shape index (κ1) is 26.5. The molecule has 0 spiro atoms. The third kappa shape index (κ3) is 11.1. The predicted octanol–water partition coefficient (Wildman–Crippen LogP) is 5.33. The number of ketones is 2. The molecule has 1 N–H and O–H groups in total. The third-order valence-electron chi connectivity index (χ3n) is 5.83. The Labute approximate surface area is 182 Å². The normalized spacial score (nSPS) is 21.6. The molecule has 30 heavy (non-hydrogen) atoms. The lowest BCUT2D eigenvalue weighted by Crippen LogP contribution is -2.21. The van der Waals surface area contributed by atoms with Crippen LogP contribution in [0, 0.1) is 11.8 Å². The van der Waals surface area contributed by atoms with Gasteiger partial charge < -0.3 is 9.84 Å². The molecule has 1 rings (SSSR count). The Morgan fingerprint density at radius 2 is 1.80 bits per heavy atom. The highest BCUT2D eigenvalue weighted by molar-refractivity contribution is 5.84. The van der Waals surface area contributed by atoms with Gasteiger partial charge in [0.05, 0.1) is 12.2 Å². The molecule has 1 aliphatic carbocycles. The zero-order valence-corrected chi connectivity index (χ0v) is 19.2. The number of hydrogen-bond acceptors (Lipinski definition) is 5. The molecule has 0 amide bonds. The second-order valence-electron chi connectivity index (χ2n) is 8.89. The van der Waals surface area contributed by atoms with E-state index in [1.165, 1.54) is 0 Å². The average Bonchev–Trinajstić information content (AvgIpc) is 2.94. The number of carbonyl (C=O) groups excluding carboxylic acids is 3. The third-order valence-corrected chi connectivity index (χ3v) is 5.83. The van der Waals surface area contributed by atoms with Crippen molar-refractivity contribution >= 4 is 17.5 Å². The standard InChI is InChI=1S/C25H42O5/c1-4-5-10-13-20(26)16-17-22-21(23(27)18-24(22)28)14-11-8-6-7-9-12-15-25(29)30-19(2)3/h8,11,19,21-22,24,28H,4-7,9-10,12-18H2,1-3H3/b11-8-/t21-,22-,24-/m1/s1. The quantitative estimate of drug-likeness (QED) is 0.206. The molecule has 1 saturated carbocycles. The summed E-state index contributed by atoms with van der Waals surface area (Å²) in [5.41, 5.74) is 0. The first-order valence-electron chi connectivity index (χ1n) is 11.9. The van der Waals surface area contributed by atoms with E-state index in [0.717, 1.165) is 44.9 Å². The Morgan fingerprint density at radius 1 is 1.07 bits per heavy atom. The summed E-state index contributed by atoms with van der Waals surface area (Å²) in [6.07, 6.45) is 13.4. The summed E-state index contributed by atoms with van der Waals surface area (Å²) in [5, 5.41) is 10.3. The number of rotatable bonds is 16. The second kappa shape index (κ2) is 15.3. The Balaban J connectivity index is 2.26. The summed E-state index contributed by atoms with van der Waals surface area (Å²) < 4.78 is 5.11. The van der Waals surface area contributed by atoms with Crippen LogP contribution in [-0.4, -0.2) is 34.9 Å². The molecule has 0 bridgehead atoms. The van der Waals surface area contributed by atoms with Gasteiger partial charge >= 0.3 is 5.97 Å². The lowest BCUT2D eigenvalue weighted by atomic mass is 9.86. The van der Waals surface area contributed by atoms with Crippen LogP contribution >= 0.6 is 0 Å². The van der Waals surface area contributed by atoms with Crippen LogP contribution in [-0.2, 0) is 19.1 Å². The summed E-state index contributed by atoms with van der Waals surface area (Å²) in [6, 6.07) is 0. The van der Waals surface area contributed by atoms with E-state index in [4.69, 9.17) is 4.74 Å². The maximum absolute atomic E-state index is 12.3. The first-order chi connectivity index (χ1) is 14.3. The molecule has 0 heterocycles. The molecule has 0 aromatic rings. The molecule has 0 aliphatic heterocycles. The number of ether oxygens (including phenoxy) is 1. The maximum atomic E-state index is 12.3. The Bertz CT molecular complexity index is 552. The van der Waals surface area contributed by atoms with E-state index >= 15 is 0 Å². The van der Waals surface area contributed by atoms with Gasteiger partial charge in [-0.15, -0.1) is 0 Å². The summed E-state index contributed by atoms with van der Waals surface area (Å²) in [6.45, 7) is 5.83. The molecule has 0 aromatic heterocycles. The van der Waals surface area contributed by atoms with Crippen molar-refractivity contribution in [2.75, 3.05) is 0 Å². The molecule has 5 heteroatoms. The van der Waals surface area contributed by atoms with Crippen molar-refractivity contribution in [3.05, 3.63) is 12.2 Å². The zero-order valence-electron chi connectivity index (χ0n) is 19.2. The van der Waals surface area contributed by atoms with Crippen LogP contribution < -0.4 is 0 Å². The van der Waals surface area contributed by atoms with Gasteiger partial charge in [0.1, 0.15) is 11.6 Å². The summed E-state index contributed by atoms with van der Waals surface area (Å²) >= 11 is 0. The number of aliphatic hydroxyl groups excluding tert-OH is 1. The van der Waals surface area contributed by atoms with Gasteiger partial charge in [-0.1, -0.05) is 38.3 Å². The predicted molar refractivity (Wildman–Crippen MR) is 119 cm³/mol. The van der Waals surface area contributed by atoms with E-state index in [1.54, 1.807) is 0 Å². The second-order valence-corrected chi connectivity index (χ2v) is 8.89. The van der Waals surface area contributed by atoms with Gasteiger partial charge in [-0.3, -0.25) is 14.4 Å². The monoisotopic (exact) mass is 422 g/mol. The number of Topliss-reactive ketones (excluding diaryl/α,β-unsaturated/α-hetero) is 2. The first-order valence-corrected chi connectivity index (χ1v) is 11.9. The van der Waals surface area contributed by atoms with Crippen molar-refractivity contribution in [2.24, 2.45) is 11.8 Å². The molecule has 3 atom stereocenters. The molecule has 0 aromatic carbocycles. The number of allylic oxidation sites excluding steroid dienone is 2. The summed E-state index contributed by atoms with van der Waals surface area (Å²) in [7, 11) is 0. The largest absolute Gasteiger partial charge is 0.463 e. The smallest absolute Gasteiger partial charge is 0.306 e. The van der Waals surface area contributed by atoms with Gasteiger partial charge in [-0.05, 0) is 58.3 Å². The molecule has 1 aliphatic rings. The highest BCUT2D eigenvalue weighted by Crippen LogP contribution is 2.35. The molecular formula is C25H42O5. The highest BCUT2D eigenvalue weighted by atomic mass is 16.5. The van der Waals surface area contributed by atoms with Crippen LogP contribution in [0.4, 0.5) is 0 Å². The van der Waals surface area contributed by atoms with Gasteiger partial charge in [0, 0.05) is 31.6 Å². The summed E-state index contributed by atoms with van der Waals surface area (Å²) in [4.78, 5) is 35.8. The Kier molecular flexibility index (Phi) is 13.6. The van der Waals surface area contributed by atoms with Crippen molar-refractivity contribution in [3.8, 4) is 0 Å². The van der Waals surface area contributed by atoms with Crippen molar-refractivity contribution in [3.63, 3.8) is 0 Å². The molecule has 0 radical (unpaired) electrons. The number of carbonyl (C=O) groups is 3. The van der Waals surface area contributed by atoms with E-state index in [9.17, 15) is 19.5 Å². The van der Waals surface area contributed by atoms with Crippen LogP contribution in [0.25, 0.3) is 0 Å². The van der Waals surface area contributed by atoms with Gasteiger partial charge in [0.25, 0.3) is 0 Å². The van der Waals surface area contributed by atoms with E-state index < -0.39 is 6.10 Å². The molecule has 0 saturated heterocycles. The number of aliphatic hydroxyl groups is 1. The van der Waals surface area contributed by atoms with Crippen molar-refractivity contribution in [1.82, 2.24) is 0 Å². The molecule has 1 fully saturated rings. The average molecular weight is 423 g/mol. The van der Waals surface area contributed by atoms with Crippen LogP contribution in [0.15, 0.2) is 12.2 Å². The topological polar surface area (TPSA) is 80.7 Å². The number of hydrogen-bond donors (Lipinski definition) is 1. The fourth-order valence-corrected chi connectivity index (χ4v) is 4.13. The SMILES string of the molecule is CCCCCC(=O)CC[C@H]1[C@H](O)CC(=O)[C@@H]1C/C=C\CCCCCC(=O)OC(C)C. The van der Waals surface area contributed by atoms with Gasteiger partial charge in [0.2, 0.25) is 0 Å². The lowest BCUT2D eigenvalue weighted by molar-refractivity contribution is -0.147. The Hall–Kier alpha value is -1.49. The van der Waals surface area contributed by atoms with E-state index in [-0.39, 0.29) is 41.9 Å². The van der Waals surface area contributed by atoms with Crippen molar-refractivity contribution < 1.29 is 24.2 Å². The van der Waals surface area contributed by atoms with Crippen LogP contribution in [0.1, 0.15) is 104 Å². The molecular weight excluding hydrogens is 380 g/mol. The minimum Gasteiger partial charge on any atom is -0.463 e. The van der Waals surface area contributed by atoms with E-state index in [2.05, 4.69) is 13.0 Å². The van der Waals surface area contributed by atoms with Gasteiger partial charge in [0.15, 0.2) is 0 Å².